The number of ketones is 1. The highest BCUT2D eigenvalue weighted by atomic mass is 79.9. The van der Waals surface area contributed by atoms with E-state index in [1.54, 1.807) is 31.4 Å². The Balaban J connectivity index is 1.75. The van der Waals surface area contributed by atoms with E-state index in [1.165, 1.54) is 0 Å². The molecule has 0 atom stereocenters. The van der Waals surface area contributed by atoms with Crippen LogP contribution in [0.3, 0.4) is 0 Å². The molecule has 2 aliphatic heterocycles. The molecule has 0 bridgehead atoms. The third kappa shape index (κ3) is 2.57. The van der Waals surface area contributed by atoms with E-state index in [9.17, 15) is 4.79 Å². The van der Waals surface area contributed by atoms with Crippen LogP contribution in [0.1, 0.15) is 21.5 Å². The van der Waals surface area contributed by atoms with E-state index >= 15 is 0 Å². The van der Waals surface area contributed by atoms with Gasteiger partial charge in [0.05, 0.1) is 19.3 Å². The largest absolute Gasteiger partial charge is 0.497 e. The first-order chi connectivity index (χ1) is 11.7. The predicted molar refractivity (Wildman–Crippen MR) is 90.4 cm³/mol. The minimum atomic E-state index is -0.159. The number of rotatable bonds is 2. The molecule has 2 aliphatic rings. The Morgan fingerprint density at radius 3 is 2.96 bits per heavy atom. The summed E-state index contributed by atoms with van der Waals surface area (Å²) in [6.07, 6.45) is 1.70. The topological polar surface area (TPSA) is 54.0 Å². The molecule has 0 N–H and O–H groups in total. The van der Waals surface area contributed by atoms with Crippen molar-refractivity contribution in [1.82, 2.24) is 0 Å². The number of fused-ring (bicyclic) bond motifs is 2. The van der Waals surface area contributed by atoms with Crippen molar-refractivity contribution >= 4 is 27.8 Å². The quantitative estimate of drug-likeness (QED) is 0.729. The molecule has 5 nitrogen and oxygen atoms in total. The lowest BCUT2D eigenvalue weighted by Crippen LogP contribution is -2.12. The standard InChI is InChI=1S/C18H13BrO5/c1-21-13-2-3-14-15(7-13)24-16(17(14)20)6-10-4-12(19)5-11-8-22-9-23-18(10)11/h2-7H,8-9H2,1H3. The SMILES string of the molecule is COc1ccc2c(c1)OC(=Cc1cc(Br)cc3c1OCOC3)C2=O. The molecule has 0 radical (unpaired) electrons. The molecule has 24 heavy (non-hydrogen) atoms. The lowest BCUT2D eigenvalue weighted by atomic mass is 10.1. The van der Waals surface area contributed by atoms with Crippen molar-refractivity contribution in [1.29, 1.82) is 0 Å². The summed E-state index contributed by atoms with van der Waals surface area (Å²) in [5, 5.41) is 0. The zero-order valence-electron chi connectivity index (χ0n) is 12.8. The van der Waals surface area contributed by atoms with Crippen molar-refractivity contribution in [3.05, 3.63) is 57.3 Å². The highest BCUT2D eigenvalue weighted by molar-refractivity contribution is 9.10. The molecule has 0 saturated carbocycles. The average Bonchev–Trinajstić information content (AvgIpc) is 2.90. The summed E-state index contributed by atoms with van der Waals surface area (Å²) in [5.41, 5.74) is 2.22. The maximum atomic E-state index is 12.5. The van der Waals surface area contributed by atoms with Gasteiger partial charge in [-0.05, 0) is 30.3 Å². The number of hydrogen-bond donors (Lipinski definition) is 0. The highest BCUT2D eigenvalue weighted by Gasteiger charge is 2.28. The number of benzene rings is 2. The molecule has 0 amide bonds. The molecule has 0 saturated heterocycles. The van der Waals surface area contributed by atoms with Gasteiger partial charge in [-0.25, -0.2) is 0 Å². The van der Waals surface area contributed by atoms with Crippen molar-refractivity contribution in [2.24, 2.45) is 0 Å². The monoisotopic (exact) mass is 388 g/mol. The van der Waals surface area contributed by atoms with Crippen LogP contribution in [-0.4, -0.2) is 19.7 Å². The molecule has 4 rings (SSSR count). The molecule has 6 heteroatoms. The molecule has 0 spiro atoms. The Bertz CT molecular complexity index is 872. The van der Waals surface area contributed by atoms with Crippen LogP contribution in [0, 0.1) is 0 Å². The lowest BCUT2D eigenvalue weighted by molar-refractivity contribution is -0.0165. The fourth-order valence-corrected chi connectivity index (χ4v) is 3.27. The minimum absolute atomic E-state index is 0.159. The number of hydrogen-bond acceptors (Lipinski definition) is 5. The maximum absolute atomic E-state index is 12.5. The summed E-state index contributed by atoms with van der Waals surface area (Å²) in [5.74, 6) is 1.95. The number of carbonyl (C=O) groups is 1. The van der Waals surface area contributed by atoms with E-state index in [2.05, 4.69) is 15.9 Å². The number of allylic oxidation sites excluding steroid dienone is 1. The van der Waals surface area contributed by atoms with Gasteiger partial charge in [0.2, 0.25) is 5.78 Å². The van der Waals surface area contributed by atoms with Crippen molar-refractivity contribution in [3.63, 3.8) is 0 Å². The zero-order chi connectivity index (χ0) is 16.7. The Labute approximate surface area is 146 Å². The molecule has 0 aromatic heterocycles. The first kappa shape index (κ1) is 15.2. The van der Waals surface area contributed by atoms with Crippen LogP contribution < -0.4 is 14.2 Å². The van der Waals surface area contributed by atoms with Gasteiger partial charge >= 0.3 is 0 Å². The first-order valence-corrected chi connectivity index (χ1v) is 8.10. The third-order valence-electron chi connectivity index (χ3n) is 3.87. The Morgan fingerprint density at radius 2 is 2.12 bits per heavy atom. The Morgan fingerprint density at radius 1 is 1.25 bits per heavy atom. The van der Waals surface area contributed by atoms with Crippen molar-refractivity contribution in [2.75, 3.05) is 13.9 Å². The van der Waals surface area contributed by atoms with Gasteiger partial charge < -0.3 is 18.9 Å². The van der Waals surface area contributed by atoms with Crippen molar-refractivity contribution in [3.8, 4) is 17.2 Å². The summed E-state index contributed by atoms with van der Waals surface area (Å²) >= 11 is 3.47. The van der Waals surface area contributed by atoms with Crippen molar-refractivity contribution < 1.29 is 23.7 Å². The first-order valence-electron chi connectivity index (χ1n) is 7.31. The summed E-state index contributed by atoms with van der Waals surface area (Å²) in [6.45, 7) is 0.661. The van der Waals surface area contributed by atoms with Crippen molar-refractivity contribution in [2.45, 2.75) is 6.61 Å². The number of methoxy groups -OCH3 is 1. The molecule has 122 valence electrons. The van der Waals surface area contributed by atoms with Crippen LogP contribution in [0.4, 0.5) is 0 Å². The Hall–Kier alpha value is -2.31. The minimum Gasteiger partial charge on any atom is -0.497 e. The molecular formula is C18H13BrO5. The zero-order valence-corrected chi connectivity index (χ0v) is 14.4. The number of carbonyl (C=O) groups excluding carboxylic acids is 1. The summed E-state index contributed by atoms with van der Waals surface area (Å²) in [4.78, 5) is 12.5. The van der Waals surface area contributed by atoms with E-state index in [0.717, 1.165) is 15.6 Å². The second-order valence-electron chi connectivity index (χ2n) is 5.40. The van der Waals surface area contributed by atoms with Gasteiger partial charge in [0.15, 0.2) is 12.6 Å². The number of Topliss-reactive ketones (excluding diaryl/α,β-unsaturated/α-hetero) is 1. The van der Waals surface area contributed by atoms with E-state index in [-0.39, 0.29) is 18.3 Å². The van der Waals surface area contributed by atoms with Gasteiger partial charge in [0.1, 0.15) is 17.2 Å². The fourth-order valence-electron chi connectivity index (χ4n) is 2.75. The van der Waals surface area contributed by atoms with Gasteiger partial charge in [-0.3, -0.25) is 4.79 Å². The molecule has 2 aromatic rings. The lowest BCUT2D eigenvalue weighted by Gasteiger charge is -2.20. The van der Waals surface area contributed by atoms with Gasteiger partial charge in [-0.1, -0.05) is 15.9 Å². The van der Waals surface area contributed by atoms with Crippen LogP contribution in [0.5, 0.6) is 17.2 Å². The highest BCUT2D eigenvalue weighted by Crippen LogP contribution is 2.37. The van der Waals surface area contributed by atoms with Crippen LogP contribution >= 0.6 is 15.9 Å². The van der Waals surface area contributed by atoms with Crippen LogP contribution in [0.2, 0.25) is 0 Å². The average molecular weight is 389 g/mol. The van der Waals surface area contributed by atoms with E-state index in [1.807, 2.05) is 12.1 Å². The van der Waals surface area contributed by atoms with Crippen LogP contribution in [0.15, 0.2) is 40.6 Å². The van der Waals surface area contributed by atoms with E-state index in [4.69, 9.17) is 18.9 Å². The molecule has 0 aliphatic carbocycles. The normalized spacial score (nSPS) is 17.1. The summed E-state index contributed by atoms with van der Waals surface area (Å²) < 4.78 is 22.7. The Kier molecular flexibility index (Phi) is 3.78. The van der Waals surface area contributed by atoms with Gasteiger partial charge in [-0.2, -0.15) is 0 Å². The second-order valence-corrected chi connectivity index (χ2v) is 6.31. The van der Waals surface area contributed by atoms with E-state index < -0.39 is 0 Å². The fraction of sp³-hybridized carbons (Fsp3) is 0.167. The van der Waals surface area contributed by atoms with Gasteiger partial charge in [0.25, 0.3) is 0 Å². The van der Waals surface area contributed by atoms with Crippen LogP contribution in [0.25, 0.3) is 6.08 Å². The van der Waals surface area contributed by atoms with Gasteiger partial charge in [-0.15, -0.1) is 0 Å². The summed E-state index contributed by atoms with van der Waals surface area (Å²) in [7, 11) is 1.57. The second kappa shape index (κ2) is 5.96. The molecular weight excluding hydrogens is 376 g/mol. The molecule has 0 unspecified atom stereocenters. The smallest absolute Gasteiger partial charge is 0.231 e. The number of halogens is 1. The molecule has 0 fully saturated rings. The van der Waals surface area contributed by atoms with E-state index in [0.29, 0.717) is 29.4 Å². The third-order valence-corrected chi connectivity index (χ3v) is 4.33. The molecule has 2 heterocycles. The maximum Gasteiger partial charge on any atom is 0.231 e. The molecule has 2 aromatic carbocycles. The van der Waals surface area contributed by atoms with Crippen LogP contribution in [-0.2, 0) is 11.3 Å². The van der Waals surface area contributed by atoms with Gasteiger partial charge in [0, 0.05) is 21.7 Å². The number of ether oxygens (including phenoxy) is 4. The summed E-state index contributed by atoms with van der Waals surface area (Å²) in [6, 6.07) is 8.97. The predicted octanol–water partition coefficient (Wildman–Crippen LogP) is 3.94.